The number of benzene rings is 2. The van der Waals surface area contributed by atoms with E-state index in [1.165, 1.54) is 19.2 Å². The summed E-state index contributed by atoms with van der Waals surface area (Å²) in [5.41, 5.74) is -1.73. The summed E-state index contributed by atoms with van der Waals surface area (Å²) in [6.45, 7) is 3.72. The van der Waals surface area contributed by atoms with Crippen molar-refractivity contribution >= 4 is 28.3 Å². The van der Waals surface area contributed by atoms with Crippen LogP contribution in [0.2, 0.25) is 0 Å². The summed E-state index contributed by atoms with van der Waals surface area (Å²) in [5.74, 6) is -7.51. The highest BCUT2D eigenvalue weighted by molar-refractivity contribution is 6.26. The van der Waals surface area contributed by atoms with Gasteiger partial charge >= 0.3 is 11.6 Å². The van der Waals surface area contributed by atoms with E-state index in [9.17, 15) is 34.5 Å². The third kappa shape index (κ3) is 4.25. The number of hydrogen-bond donors (Lipinski definition) is 3. The molecule has 0 amide bonds. The average molecular weight is 611 g/mol. The van der Waals surface area contributed by atoms with E-state index in [1.807, 2.05) is 0 Å². The number of phenolic OH excluding ortho intramolecular Hbond substituents is 3. The number of rotatable bonds is 6. The smallest absolute Gasteiger partial charge is 0.374 e. The van der Waals surface area contributed by atoms with E-state index in [-0.39, 0.29) is 52.0 Å². The van der Waals surface area contributed by atoms with E-state index >= 15 is 0 Å². The van der Waals surface area contributed by atoms with Crippen LogP contribution in [0.3, 0.4) is 0 Å². The molecule has 44 heavy (non-hydrogen) atoms. The van der Waals surface area contributed by atoms with Gasteiger partial charge in [0.25, 0.3) is 5.79 Å². The van der Waals surface area contributed by atoms with Gasteiger partial charge in [0.2, 0.25) is 11.5 Å². The van der Waals surface area contributed by atoms with Crippen molar-refractivity contribution in [2.75, 3.05) is 20.8 Å². The quantitative estimate of drug-likeness (QED) is 0.209. The van der Waals surface area contributed by atoms with Gasteiger partial charge in [0.15, 0.2) is 40.8 Å². The Morgan fingerprint density at radius 2 is 1.77 bits per heavy atom. The van der Waals surface area contributed by atoms with Crippen LogP contribution in [0, 0.1) is 0 Å². The Bertz CT molecular complexity index is 1870. The van der Waals surface area contributed by atoms with E-state index in [1.54, 1.807) is 13.8 Å². The molecule has 14 nitrogen and oxygen atoms in total. The number of allylic oxidation sites excluding steroid dienone is 2. The lowest BCUT2D eigenvalue weighted by Gasteiger charge is -2.39. The largest absolute Gasteiger partial charge is 0.507 e. The van der Waals surface area contributed by atoms with Crippen molar-refractivity contribution in [1.29, 1.82) is 0 Å². The number of esters is 1. The van der Waals surface area contributed by atoms with Crippen LogP contribution in [-0.2, 0) is 25.4 Å². The zero-order chi connectivity index (χ0) is 31.7. The Kier molecular flexibility index (Phi) is 6.78. The lowest BCUT2D eigenvalue weighted by molar-refractivity contribution is -0.203. The lowest BCUT2D eigenvalue weighted by Crippen LogP contribution is -2.46. The summed E-state index contributed by atoms with van der Waals surface area (Å²) in [6.07, 6.45) is -1.19. The van der Waals surface area contributed by atoms with Crippen molar-refractivity contribution in [2.24, 2.45) is 0 Å². The number of methoxy groups -OCH3 is 2. The number of carbonyl (C=O) groups excluding carboxylic acids is 3. The molecule has 0 bridgehead atoms. The zero-order valence-electron chi connectivity index (χ0n) is 23.8. The fraction of sp³-hybridized carbons (Fsp3) is 0.333. The van der Waals surface area contributed by atoms with Gasteiger partial charge in [0, 0.05) is 23.8 Å². The van der Waals surface area contributed by atoms with E-state index < -0.39 is 75.5 Å². The molecule has 230 valence electrons. The molecule has 3 N–H and O–H groups in total. The molecule has 0 saturated heterocycles. The number of hydrogen-bond acceptors (Lipinski definition) is 14. The molecule has 3 heterocycles. The van der Waals surface area contributed by atoms with E-state index in [2.05, 4.69) is 4.74 Å². The summed E-state index contributed by atoms with van der Waals surface area (Å²) in [4.78, 5) is 50.8. The fourth-order valence-electron chi connectivity index (χ4n) is 5.82. The first-order valence-corrected chi connectivity index (χ1v) is 13.5. The van der Waals surface area contributed by atoms with Gasteiger partial charge in [0.05, 0.1) is 44.3 Å². The number of carbonyl (C=O) groups is 3. The van der Waals surface area contributed by atoms with E-state index in [0.717, 1.165) is 13.2 Å². The maximum Gasteiger partial charge on any atom is 0.374 e. The molecule has 14 heteroatoms. The predicted octanol–water partition coefficient (Wildman–Crippen LogP) is 3.16. The number of ether oxygens (including phenoxy) is 6. The highest BCUT2D eigenvalue weighted by Gasteiger charge is 2.53. The SMILES string of the molecule is CCOC(C)OC1CC2(Cc3c(O)c4c(c(O)c3O2)C(=O)C(OC)=CC4=O)Oc2c1cc1cc(C(=O)OC)oc(=O)c1c2O. The summed E-state index contributed by atoms with van der Waals surface area (Å²) in [6, 6.07) is 2.71. The highest BCUT2D eigenvalue weighted by atomic mass is 16.7. The Hall–Kier alpha value is -5.08. The Morgan fingerprint density at radius 1 is 1.05 bits per heavy atom. The zero-order valence-corrected chi connectivity index (χ0v) is 23.8. The molecule has 3 unspecified atom stereocenters. The highest BCUT2D eigenvalue weighted by Crippen LogP contribution is 2.57. The Balaban J connectivity index is 1.50. The standard InChI is InChI=1S/C30H26O14/c1-5-40-11(2)41-18-10-30(43-26-13(18)6-12-7-17(28(36)39-4)42-29(37)19(12)24(26)34)9-14-22(32)20-15(31)8-16(38-3)23(33)21(20)25(35)27(14)44-30/h6-8,11,18,32,34-35H,5,9-10H2,1-4H3. The summed E-state index contributed by atoms with van der Waals surface area (Å²) >= 11 is 0. The molecule has 2 aromatic carbocycles. The molecule has 1 aliphatic carbocycles. The number of phenols is 3. The molecule has 3 aliphatic rings. The molecule has 3 atom stereocenters. The molecule has 1 aromatic heterocycles. The van der Waals surface area contributed by atoms with Crippen LogP contribution in [0.5, 0.6) is 28.7 Å². The van der Waals surface area contributed by atoms with E-state index in [0.29, 0.717) is 6.61 Å². The van der Waals surface area contributed by atoms with Crippen molar-refractivity contribution in [1.82, 2.24) is 0 Å². The third-order valence-corrected chi connectivity index (χ3v) is 7.69. The molecule has 6 rings (SSSR count). The third-order valence-electron chi connectivity index (χ3n) is 7.69. The molecule has 3 aromatic rings. The summed E-state index contributed by atoms with van der Waals surface area (Å²) in [7, 11) is 2.30. The molecular formula is C30H26O14. The summed E-state index contributed by atoms with van der Waals surface area (Å²) in [5, 5.41) is 33.5. The predicted molar refractivity (Wildman–Crippen MR) is 146 cm³/mol. The van der Waals surface area contributed by atoms with E-state index in [4.69, 9.17) is 28.1 Å². The van der Waals surface area contributed by atoms with Gasteiger partial charge < -0.3 is 48.2 Å². The Labute approximate surface area is 247 Å². The van der Waals surface area contributed by atoms with Gasteiger partial charge in [-0.15, -0.1) is 0 Å². The van der Waals surface area contributed by atoms with Crippen LogP contribution in [0.4, 0.5) is 0 Å². The van der Waals surface area contributed by atoms with Crippen LogP contribution in [0.15, 0.2) is 33.2 Å². The van der Waals surface area contributed by atoms with Crippen molar-refractivity contribution in [3.8, 4) is 28.7 Å². The van der Waals surface area contributed by atoms with Crippen molar-refractivity contribution in [3.05, 3.63) is 62.4 Å². The molecule has 0 radical (unpaired) electrons. The first kappa shape index (κ1) is 29.0. The van der Waals surface area contributed by atoms with Gasteiger partial charge in [-0.3, -0.25) is 9.59 Å². The second kappa shape index (κ2) is 10.3. The van der Waals surface area contributed by atoms with Gasteiger partial charge in [-0.2, -0.15) is 0 Å². The minimum Gasteiger partial charge on any atom is -0.507 e. The topological polar surface area (TPSA) is 197 Å². The molecule has 1 spiro atoms. The van der Waals surface area contributed by atoms with Crippen molar-refractivity contribution in [2.45, 2.75) is 44.9 Å². The normalized spacial score (nSPS) is 20.7. The van der Waals surface area contributed by atoms with Gasteiger partial charge in [-0.1, -0.05) is 0 Å². The second-order valence-corrected chi connectivity index (χ2v) is 10.3. The van der Waals surface area contributed by atoms with Crippen molar-refractivity contribution < 1.29 is 62.5 Å². The van der Waals surface area contributed by atoms with Crippen LogP contribution in [0.1, 0.15) is 68.8 Å². The Morgan fingerprint density at radius 3 is 2.45 bits per heavy atom. The van der Waals surface area contributed by atoms with Gasteiger partial charge in [0.1, 0.15) is 11.1 Å². The van der Waals surface area contributed by atoms with Gasteiger partial charge in [-0.25, -0.2) is 9.59 Å². The fourth-order valence-corrected chi connectivity index (χ4v) is 5.82. The second-order valence-electron chi connectivity index (χ2n) is 10.3. The minimum absolute atomic E-state index is 0.0285. The first-order valence-electron chi connectivity index (χ1n) is 13.5. The number of fused-ring (bicyclic) bond motifs is 4. The maximum atomic E-state index is 13.0. The minimum atomic E-state index is -1.77. The van der Waals surface area contributed by atoms with Crippen LogP contribution in [0.25, 0.3) is 10.8 Å². The van der Waals surface area contributed by atoms with Crippen LogP contribution in [-0.4, -0.2) is 65.8 Å². The molecule has 0 saturated carbocycles. The monoisotopic (exact) mass is 610 g/mol. The first-order chi connectivity index (χ1) is 20.9. The molecule has 2 aliphatic heterocycles. The number of Topliss-reactive ketones (excluding diaryl/α,β-unsaturated/α-hetero) is 1. The average Bonchev–Trinajstić information content (AvgIpc) is 3.36. The summed E-state index contributed by atoms with van der Waals surface area (Å²) < 4.78 is 38.7. The van der Waals surface area contributed by atoms with Gasteiger partial charge in [-0.05, 0) is 31.4 Å². The number of aromatic hydroxyl groups is 3. The lowest BCUT2D eigenvalue weighted by atomic mass is 9.87. The molecule has 0 fully saturated rings. The van der Waals surface area contributed by atoms with Crippen molar-refractivity contribution in [3.63, 3.8) is 0 Å². The van der Waals surface area contributed by atoms with Crippen LogP contribution >= 0.6 is 0 Å². The number of ketones is 2. The molecular weight excluding hydrogens is 584 g/mol. The maximum absolute atomic E-state index is 13.0. The van der Waals surface area contributed by atoms with Crippen LogP contribution < -0.4 is 15.1 Å².